The average Bonchev–Trinajstić information content (AvgIpc) is 2.57. The van der Waals surface area contributed by atoms with Crippen LogP contribution in [-0.2, 0) is 6.54 Å². The first-order valence-corrected chi connectivity index (χ1v) is 8.67. The Morgan fingerprint density at radius 2 is 1.71 bits per heavy atom. The van der Waals surface area contributed by atoms with Crippen LogP contribution in [0.3, 0.4) is 0 Å². The van der Waals surface area contributed by atoms with Crippen LogP contribution in [0.2, 0.25) is 0 Å². The van der Waals surface area contributed by atoms with Crippen LogP contribution in [0.1, 0.15) is 37.7 Å². The second-order valence-corrected chi connectivity index (χ2v) is 6.73. The maximum atomic E-state index is 5.48. The van der Waals surface area contributed by atoms with Crippen molar-refractivity contribution in [3.8, 4) is 5.75 Å². The molecule has 1 heterocycles. The Morgan fingerprint density at radius 3 is 2.43 bits per heavy atom. The van der Waals surface area contributed by atoms with E-state index in [4.69, 9.17) is 4.74 Å². The van der Waals surface area contributed by atoms with E-state index in [2.05, 4.69) is 24.3 Å². The summed E-state index contributed by atoms with van der Waals surface area (Å²) in [6.45, 7) is 6.44. The van der Waals surface area contributed by atoms with E-state index < -0.39 is 0 Å². The fourth-order valence-corrected chi connectivity index (χ4v) is 4.14. The number of para-hydroxylation sites is 1. The lowest BCUT2D eigenvalue weighted by molar-refractivity contribution is -1.03. The van der Waals surface area contributed by atoms with Gasteiger partial charge in [-0.15, -0.1) is 0 Å². The number of rotatable bonds is 4. The molecule has 0 radical (unpaired) electrons. The van der Waals surface area contributed by atoms with Crippen molar-refractivity contribution < 1.29 is 14.5 Å². The number of quaternary nitrogens is 2. The van der Waals surface area contributed by atoms with E-state index in [-0.39, 0.29) is 0 Å². The van der Waals surface area contributed by atoms with Crippen molar-refractivity contribution in [2.75, 3.05) is 33.3 Å². The van der Waals surface area contributed by atoms with Crippen LogP contribution in [-0.4, -0.2) is 39.3 Å². The molecule has 2 aliphatic rings. The highest BCUT2D eigenvalue weighted by molar-refractivity contribution is 5.32. The highest BCUT2D eigenvalue weighted by Gasteiger charge is 2.30. The zero-order valence-corrected chi connectivity index (χ0v) is 13.4. The van der Waals surface area contributed by atoms with Crippen molar-refractivity contribution >= 4 is 0 Å². The summed E-state index contributed by atoms with van der Waals surface area (Å²) in [4.78, 5) is 3.61. The van der Waals surface area contributed by atoms with Gasteiger partial charge >= 0.3 is 0 Å². The third-order valence-corrected chi connectivity index (χ3v) is 5.41. The van der Waals surface area contributed by atoms with Crippen LogP contribution in [0, 0.1) is 0 Å². The highest BCUT2D eigenvalue weighted by Crippen LogP contribution is 2.16. The van der Waals surface area contributed by atoms with E-state index >= 15 is 0 Å². The number of ether oxygens (including phenoxy) is 1. The predicted octanol–water partition coefficient (Wildman–Crippen LogP) is 0.311. The minimum Gasteiger partial charge on any atom is -0.496 e. The summed E-state index contributed by atoms with van der Waals surface area (Å²) in [5.74, 6) is 1.05. The molecule has 3 nitrogen and oxygen atoms in total. The van der Waals surface area contributed by atoms with Crippen molar-refractivity contribution in [3.05, 3.63) is 29.8 Å². The van der Waals surface area contributed by atoms with E-state index in [0.29, 0.717) is 0 Å². The Morgan fingerprint density at radius 1 is 1.00 bits per heavy atom. The van der Waals surface area contributed by atoms with E-state index in [1.807, 2.05) is 4.90 Å². The Hall–Kier alpha value is -1.06. The van der Waals surface area contributed by atoms with Crippen molar-refractivity contribution in [2.45, 2.75) is 44.7 Å². The van der Waals surface area contributed by atoms with Gasteiger partial charge in [-0.1, -0.05) is 18.6 Å². The van der Waals surface area contributed by atoms with Crippen LogP contribution >= 0.6 is 0 Å². The molecule has 1 aliphatic heterocycles. The zero-order valence-electron chi connectivity index (χ0n) is 13.4. The van der Waals surface area contributed by atoms with Gasteiger partial charge in [0.2, 0.25) is 0 Å². The molecule has 0 spiro atoms. The average molecular weight is 290 g/mol. The van der Waals surface area contributed by atoms with E-state index in [9.17, 15) is 0 Å². The van der Waals surface area contributed by atoms with Gasteiger partial charge in [-0.2, -0.15) is 0 Å². The lowest BCUT2D eigenvalue weighted by Crippen LogP contribution is -3.29. The molecule has 1 aliphatic carbocycles. The summed E-state index contributed by atoms with van der Waals surface area (Å²) < 4.78 is 5.48. The Balaban J connectivity index is 1.51. The van der Waals surface area contributed by atoms with Gasteiger partial charge in [-0.25, -0.2) is 0 Å². The summed E-state index contributed by atoms with van der Waals surface area (Å²) in [5.41, 5.74) is 1.36. The number of benzene rings is 1. The maximum absolute atomic E-state index is 5.48. The Kier molecular flexibility index (Phi) is 5.15. The first-order chi connectivity index (χ1) is 10.4. The second-order valence-electron chi connectivity index (χ2n) is 6.73. The first kappa shape index (κ1) is 14.9. The molecule has 0 aromatic heterocycles. The highest BCUT2D eigenvalue weighted by atomic mass is 16.5. The van der Waals surface area contributed by atoms with Crippen LogP contribution in [0.4, 0.5) is 0 Å². The number of hydrogen-bond acceptors (Lipinski definition) is 1. The molecule has 0 unspecified atom stereocenters. The summed E-state index contributed by atoms with van der Waals surface area (Å²) in [7, 11) is 1.78. The minimum atomic E-state index is 0.964. The molecule has 2 N–H and O–H groups in total. The first-order valence-electron chi connectivity index (χ1n) is 8.67. The third kappa shape index (κ3) is 3.78. The van der Waals surface area contributed by atoms with Crippen molar-refractivity contribution in [1.82, 2.24) is 0 Å². The van der Waals surface area contributed by atoms with Crippen molar-refractivity contribution in [1.29, 1.82) is 0 Å². The molecule has 3 rings (SSSR count). The maximum Gasteiger partial charge on any atom is 0.127 e. The second kappa shape index (κ2) is 7.28. The van der Waals surface area contributed by atoms with Gasteiger partial charge in [-0.3, -0.25) is 0 Å². The van der Waals surface area contributed by atoms with E-state index in [0.717, 1.165) is 18.3 Å². The third-order valence-electron chi connectivity index (χ3n) is 5.41. The lowest BCUT2D eigenvalue weighted by atomic mass is 9.94. The molecule has 0 bridgehead atoms. The van der Waals surface area contributed by atoms with Gasteiger partial charge in [0.25, 0.3) is 0 Å². The fraction of sp³-hybridized carbons (Fsp3) is 0.667. The minimum absolute atomic E-state index is 0.964. The number of piperazine rings is 1. The molecular weight excluding hydrogens is 260 g/mol. The van der Waals surface area contributed by atoms with Crippen molar-refractivity contribution in [3.63, 3.8) is 0 Å². The van der Waals surface area contributed by atoms with E-state index in [1.165, 1.54) is 63.8 Å². The number of methoxy groups -OCH3 is 1. The smallest absolute Gasteiger partial charge is 0.127 e. The number of nitrogens with one attached hydrogen (secondary N) is 2. The van der Waals surface area contributed by atoms with Crippen LogP contribution in [0.5, 0.6) is 5.75 Å². The predicted molar refractivity (Wildman–Crippen MR) is 85.0 cm³/mol. The molecule has 2 fully saturated rings. The topological polar surface area (TPSA) is 18.1 Å². The lowest BCUT2D eigenvalue weighted by Gasteiger charge is -2.36. The summed E-state index contributed by atoms with van der Waals surface area (Å²) >= 11 is 0. The molecule has 21 heavy (non-hydrogen) atoms. The summed E-state index contributed by atoms with van der Waals surface area (Å²) in [6, 6.07) is 9.44. The normalized spacial score (nSPS) is 27.5. The van der Waals surface area contributed by atoms with E-state index in [1.54, 1.807) is 12.0 Å². The quantitative estimate of drug-likeness (QED) is 0.817. The van der Waals surface area contributed by atoms with Gasteiger partial charge in [0.1, 0.15) is 38.5 Å². The van der Waals surface area contributed by atoms with Gasteiger partial charge in [0.05, 0.1) is 13.2 Å². The molecule has 1 saturated heterocycles. The Labute approximate surface area is 128 Å². The van der Waals surface area contributed by atoms with Crippen LogP contribution in [0.25, 0.3) is 0 Å². The molecule has 1 aromatic carbocycles. The summed E-state index contributed by atoms with van der Waals surface area (Å²) in [6.07, 6.45) is 7.33. The van der Waals surface area contributed by atoms with Crippen LogP contribution < -0.4 is 14.5 Å². The standard InChI is InChI=1S/C18H28N2O/c1-21-18-10-6-5-7-16(18)15-19-11-13-20(14-12-19)17-8-3-2-4-9-17/h5-7,10,17H,2-4,8-9,11-15H2,1H3/p+2. The molecular formula is C18H30N2O+2. The largest absolute Gasteiger partial charge is 0.496 e. The Bertz CT molecular complexity index is 435. The van der Waals surface area contributed by atoms with Gasteiger partial charge in [0.15, 0.2) is 0 Å². The molecule has 1 aromatic rings. The molecule has 0 atom stereocenters. The van der Waals surface area contributed by atoms with Gasteiger partial charge < -0.3 is 14.5 Å². The van der Waals surface area contributed by atoms with Crippen molar-refractivity contribution in [2.24, 2.45) is 0 Å². The summed E-state index contributed by atoms with van der Waals surface area (Å²) in [5, 5.41) is 0. The molecule has 3 heteroatoms. The number of hydrogen-bond donors (Lipinski definition) is 2. The molecule has 0 amide bonds. The van der Waals surface area contributed by atoms with Gasteiger partial charge in [-0.05, 0) is 37.8 Å². The van der Waals surface area contributed by atoms with Crippen LogP contribution in [0.15, 0.2) is 24.3 Å². The molecule has 1 saturated carbocycles. The van der Waals surface area contributed by atoms with Gasteiger partial charge in [0, 0.05) is 5.56 Å². The fourth-order valence-electron chi connectivity index (χ4n) is 4.14. The SMILES string of the molecule is COc1ccccc1C[NH+]1CC[NH+](C2CCCCC2)CC1. The monoisotopic (exact) mass is 290 g/mol. The zero-order chi connectivity index (χ0) is 14.5. The molecule has 116 valence electrons.